The molecule has 1 aliphatic carbocycles. The molecular weight excluding hydrogens is 424 g/mol. The third-order valence-electron chi connectivity index (χ3n) is 6.91. The van der Waals surface area contributed by atoms with Crippen molar-refractivity contribution in [3.05, 3.63) is 101 Å². The Morgan fingerprint density at radius 3 is 2.18 bits per heavy atom. The van der Waals surface area contributed by atoms with Gasteiger partial charge in [0, 0.05) is 11.1 Å². The molecule has 170 valence electrons. The highest BCUT2D eigenvalue weighted by atomic mass is 16.6. The molecule has 2 heterocycles. The Labute approximate surface area is 199 Å². The summed E-state index contributed by atoms with van der Waals surface area (Å²) in [6.45, 7) is 2.64. The van der Waals surface area contributed by atoms with E-state index in [4.69, 9.17) is 9.26 Å². The van der Waals surface area contributed by atoms with E-state index in [0.717, 1.165) is 33.9 Å². The summed E-state index contributed by atoms with van der Waals surface area (Å²) in [7, 11) is 0. The minimum absolute atomic E-state index is 0.128. The van der Waals surface area contributed by atoms with Crippen LogP contribution in [0.15, 0.2) is 83.4 Å². The number of cyclic esters (lactones) is 1. The average molecular weight is 451 g/mol. The van der Waals surface area contributed by atoms with Crippen LogP contribution < -0.4 is 0 Å². The molecule has 6 rings (SSSR count). The zero-order valence-electron chi connectivity index (χ0n) is 19.1. The third kappa shape index (κ3) is 3.87. The van der Waals surface area contributed by atoms with Gasteiger partial charge in [-0.05, 0) is 47.9 Å². The van der Waals surface area contributed by atoms with Gasteiger partial charge in [-0.3, -0.25) is 4.90 Å². The number of rotatable bonds is 6. The van der Waals surface area contributed by atoms with Crippen molar-refractivity contribution in [2.75, 3.05) is 6.61 Å². The predicted octanol–water partition coefficient (Wildman–Crippen LogP) is 6.89. The van der Waals surface area contributed by atoms with E-state index in [1.165, 1.54) is 24.0 Å². The van der Waals surface area contributed by atoms with Crippen LogP contribution in [-0.2, 0) is 11.3 Å². The highest BCUT2D eigenvalue weighted by molar-refractivity contribution is 5.73. The van der Waals surface area contributed by atoms with Gasteiger partial charge in [-0.2, -0.15) is 0 Å². The van der Waals surface area contributed by atoms with Crippen molar-refractivity contribution in [3.8, 4) is 22.5 Å². The molecule has 1 aromatic heterocycles. The number of hydrogen-bond acceptors (Lipinski definition) is 4. The molecule has 1 amide bonds. The summed E-state index contributed by atoms with van der Waals surface area (Å²) in [5.41, 5.74) is 7.49. The van der Waals surface area contributed by atoms with E-state index in [1.54, 1.807) is 4.90 Å². The first-order valence-corrected chi connectivity index (χ1v) is 11.8. The van der Waals surface area contributed by atoms with Crippen molar-refractivity contribution < 1.29 is 14.1 Å². The number of aromatic nitrogens is 1. The topological polar surface area (TPSA) is 55.6 Å². The molecule has 0 spiro atoms. The molecule has 0 N–H and O–H groups in total. The van der Waals surface area contributed by atoms with Crippen molar-refractivity contribution in [1.29, 1.82) is 0 Å². The SMILES string of the molecule is Cc1noc(-c2ccc(-c3ccc(C4CC4)cc3)cc2)c1CN1C(=O)OC[C@@H]1c1ccccc1. The Hall–Kier alpha value is -3.86. The van der Waals surface area contributed by atoms with E-state index in [1.807, 2.05) is 37.3 Å². The van der Waals surface area contributed by atoms with Crippen LogP contribution in [0.2, 0.25) is 0 Å². The molecule has 5 nitrogen and oxygen atoms in total. The summed E-state index contributed by atoms with van der Waals surface area (Å²) in [4.78, 5) is 14.3. The van der Waals surface area contributed by atoms with Crippen molar-refractivity contribution in [2.45, 2.75) is 38.3 Å². The maximum atomic E-state index is 12.6. The van der Waals surface area contributed by atoms with Gasteiger partial charge in [0.05, 0.1) is 18.3 Å². The van der Waals surface area contributed by atoms with Crippen LogP contribution in [0, 0.1) is 6.92 Å². The van der Waals surface area contributed by atoms with Crippen LogP contribution in [0.4, 0.5) is 4.79 Å². The molecular formula is C29H26N2O3. The lowest BCUT2D eigenvalue weighted by molar-refractivity contribution is 0.156. The zero-order valence-corrected chi connectivity index (χ0v) is 19.1. The maximum Gasteiger partial charge on any atom is 0.410 e. The van der Waals surface area contributed by atoms with Crippen LogP contribution in [0.3, 0.4) is 0 Å². The van der Waals surface area contributed by atoms with Crippen LogP contribution in [-0.4, -0.2) is 22.8 Å². The van der Waals surface area contributed by atoms with E-state index in [9.17, 15) is 4.79 Å². The van der Waals surface area contributed by atoms with Gasteiger partial charge in [0.2, 0.25) is 0 Å². The van der Waals surface area contributed by atoms with Crippen molar-refractivity contribution in [1.82, 2.24) is 10.1 Å². The molecule has 5 heteroatoms. The number of carbonyl (C=O) groups is 1. The lowest BCUT2D eigenvalue weighted by Crippen LogP contribution is -2.27. The Bertz CT molecular complexity index is 1310. The first kappa shape index (κ1) is 20.7. The highest BCUT2D eigenvalue weighted by Gasteiger charge is 2.35. The first-order valence-electron chi connectivity index (χ1n) is 11.8. The smallest absolute Gasteiger partial charge is 0.410 e. The highest BCUT2D eigenvalue weighted by Crippen LogP contribution is 2.40. The lowest BCUT2D eigenvalue weighted by atomic mass is 9.99. The fourth-order valence-corrected chi connectivity index (χ4v) is 4.73. The van der Waals surface area contributed by atoms with Crippen molar-refractivity contribution in [3.63, 3.8) is 0 Å². The zero-order chi connectivity index (χ0) is 23.1. The molecule has 1 saturated carbocycles. The van der Waals surface area contributed by atoms with Gasteiger partial charge >= 0.3 is 6.09 Å². The maximum absolute atomic E-state index is 12.6. The molecule has 0 bridgehead atoms. The molecule has 0 radical (unpaired) electrons. The molecule has 2 fully saturated rings. The third-order valence-corrected chi connectivity index (χ3v) is 6.91. The predicted molar refractivity (Wildman–Crippen MR) is 130 cm³/mol. The normalized spacial score (nSPS) is 17.7. The fraction of sp³-hybridized carbons (Fsp3) is 0.241. The average Bonchev–Trinajstić information content (AvgIpc) is 3.59. The van der Waals surface area contributed by atoms with Gasteiger partial charge in [0.1, 0.15) is 6.61 Å². The van der Waals surface area contributed by atoms with Gasteiger partial charge in [-0.1, -0.05) is 84.0 Å². The minimum atomic E-state index is -0.314. The quantitative estimate of drug-likeness (QED) is 0.321. The van der Waals surface area contributed by atoms with E-state index < -0.39 is 0 Å². The van der Waals surface area contributed by atoms with Crippen LogP contribution >= 0.6 is 0 Å². The summed E-state index contributed by atoms with van der Waals surface area (Å²) in [5.74, 6) is 1.46. The number of aryl methyl sites for hydroxylation is 1. The Morgan fingerprint density at radius 1 is 0.853 bits per heavy atom. The summed E-state index contributed by atoms with van der Waals surface area (Å²) >= 11 is 0. The Balaban J connectivity index is 1.26. The Morgan fingerprint density at radius 2 is 1.50 bits per heavy atom. The molecule has 1 atom stereocenters. The second-order valence-corrected chi connectivity index (χ2v) is 9.18. The van der Waals surface area contributed by atoms with Gasteiger partial charge in [-0.25, -0.2) is 4.79 Å². The second kappa shape index (κ2) is 8.49. The second-order valence-electron chi connectivity index (χ2n) is 9.18. The van der Waals surface area contributed by atoms with Crippen molar-refractivity contribution >= 4 is 6.09 Å². The minimum Gasteiger partial charge on any atom is -0.447 e. The monoisotopic (exact) mass is 450 g/mol. The molecule has 34 heavy (non-hydrogen) atoms. The number of amides is 1. The van der Waals surface area contributed by atoms with E-state index in [-0.39, 0.29) is 12.1 Å². The van der Waals surface area contributed by atoms with Crippen LogP contribution in [0.25, 0.3) is 22.5 Å². The summed E-state index contributed by atoms with van der Waals surface area (Å²) < 4.78 is 11.1. The lowest BCUT2D eigenvalue weighted by Gasteiger charge is -2.21. The van der Waals surface area contributed by atoms with Gasteiger partial charge < -0.3 is 9.26 Å². The van der Waals surface area contributed by atoms with E-state index in [0.29, 0.717) is 18.9 Å². The van der Waals surface area contributed by atoms with Gasteiger partial charge in [0.25, 0.3) is 0 Å². The Kier molecular flexibility index (Phi) is 5.17. The molecule has 3 aromatic carbocycles. The first-order chi connectivity index (χ1) is 16.7. The fourth-order valence-electron chi connectivity index (χ4n) is 4.73. The number of benzene rings is 3. The van der Waals surface area contributed by atoms with E-state index >= 15 is 0 Å². The molecule has 2 aliphatic rings. The molecule has 1 aliphatic heterocycles. The number of hydrogen-bond donors (Lipinski definition) is 0. The number of ether oxygens (including phenoxy) is 1. The van der Waals surface area contributed by atoms with Crippen molar-refractivity contribution in [2.24, 2.45) is 0 Å². The number of nitrogens with zero attached hydrogens (tertiary/aromatic N) is 2. The van der Waals surface area contributed by atoms with Crippen LogP contribution in [0.1, 0.15) is 47.2 Å². The summed E-state index contributed by atoms with van der Waals surface area (Å²) in [5, 5.41) is 4.22. The standard InChI is InChI=1S/C29H26N2O3/c1-19-26(17-31-27(18-33-29(31)32)24-5-3-2-4-6-24)28(34-30-19)25-15-13-23(14-16-25)22-11-9-21(10-12-22)20-7-8-20/h2-6,9-16,20,27H,7-8,17-18H2,1H3/t27-/m1/s1. The molecule has 1 saturated heterocycles. The van der Waals surface area contributed by atoms with E-state index in [2.05, 4.69) is 53.7 Å². The molecule has 4 aromatic rings. The van der Waals surface area contributed by atoms with Gasteiger partial charge in [-0.15, -0.1) is 0 Å². The summed E-state index contributed by atoms with van der Waals surface area (Å²) in [6, 6.07) is 27.1. The van der Waals surface area contributed by atoms with Crippen LogP contribution in [0.5, 0.6) is 0 Å². The molecule has 0 unspecified atom stereocenters. The van der Waals surface area contributed by atoms with Gasteiger partial charge in [0.15, 0.2) is 5.76 Å². The largest absolute Gasteiger partial charge is 0.447 e. The summed E-state index contributed by atoms with van der Waals surface area (Å²) in [6.07, 6.45) is 2.31. The number of carbonyl (C=O) groups excluding carboxylic acids is 1.